The summed E-state index contributed by atoms with van der Waals surface area (Å²) in [6, 6.07) is 17.8. The lowest BCUT2D eigenvalue weighted by Crippen LogP contribution is -2.24. The minimum Gasteiger partial charge on any atom is -0.374 e. The highest BCUT2D eigenvalue weighted by atomic mass is 35.5. The molecule has 2 aromatic carbocycles. The summed E-state index contributed by atoms with van der Waals surface area (Å²) >= 11 is 6.32. The average molecular weight is 333 g/mol. The molecule has 1 fully saturated rings. The smallest absolute Gasteiger partial charge is 0.164 e. The van der Waals surface area contributed by atoms with Crippen LogP contribution >= 0.6 is 11.6 Å². The summed E-state index contributed by atoms with van der Waals surface area (Å²) in [5.41, 5.74) is 2.08. The second-order valence-corrected chi connectivity index (χ2v) is 6.52. The van der Waals surface area contributed by atoms with E-state index in [2.05, 4.69) is 0 Å². The van der Waals surface area contributed by atoms with Crippen LogP contribution in [0.4, 0.5) is 0 Å². The molecule has 3 rings (SSSR count). The Morgan fingerprint density at radius 1 is 1.00 bits per heavy atom. The summed E-state index contributed by atoms with van der Waals surface area (Å²) in [7, 11) is 0. The van der Waals surface area contributed by atoms with Crippen molar-refractivity contribution < 1.29 is 14.2 Å². The van der Waals surface area contributed by atoms with Crippen molar-refractivity contribution in [1.82, 2.24) is 0 Å². The molecule has 0 N–H and O–H groups in total. The van der Waals surface area contributed by atoms with Gasteiger partial charge in [-0.1, -0.05) is 60.1 Å². The van der Waals surface area contributed by atoms with Gasteiger partial charge in [0.25, 0.3) is 0 Å². The molecule has 2 atom stereocenters. The summed E-state index contributed by atoms with van der Waals surface area (Å²) < 4.78 is 17.9. The van der Waals surface area contributed by atoms with Crippen molar-refractivity contribution >= 4 is 11.6 Å². The quantitative estimate of drug-likeness (QED) is 0.790. The molecule has 0 spiro atoms. The molecule has 0 saturated carbocycles. The monoisotopic (exact) mass is 332 g/mol. The first-order valence-electron chi connectivity index (χ1n) is 7.77. The second kappa shape index (κ2) is 7.02. The van der Waals surface area contributed by atoms with E-state index in [9.17, 15) is 0 Å². The molecule has 1 saturated heterocycles. The van der Waals surface area contributed by atoms with Crippen LogP contribution in [0.1, 0.15) is 31.1 Å². The van der Waals surface area contributed by atoms with E-state index in [4.69, 9.17) is 25.8 Å². The molecule has 3 nitrogen and oxygen atoms in total. The van der Waals surface area contributed by atoms with Gasteiger partial charge in [-0.05, 0) is 25.5 Å². The Morgan fingerprint density at radius 2 is 1.70 bits per heavy atom. The van der Waals surface area contributed by atoms with Crippen LogP contribution in [0.25, 0.3) is 0 Å². The lowest BCUT2D eigenvalue weighted by atomic mass is 10.1. The molecular formula is C19H21ClO3. The van der Waals surface area contributed by atoms with E-state index in [1.807, 2.05) is 68.4 Å². The number of benzene rings is 2. The summed E-state index contributed by atoms with van der Waals surface area (Å²) in [5.74, 6) is -0.648. The highest BCUT2D eigenvalue weighted by Crippen LogP contribution is 2.40. The van der Waals surface area contributed by atoms with Gasteiger partial charge < -0.3 is 14.2 Å². The van der Waals surface area contributed by atoms with E-state index in [1.165, 1.54) is 0 Å². The molecule has 23 heavy (non-hydrogen) atoms. The van der Waals surface area contributed by atoms with E-state index >= 15 is 0 Å². The Balaban J connectivity index is 1.67. The van der Waals surface area contributed by atoms with E-state index in [-0.39, 0.29) is 12.2 Å². The van der Waals surface area contributed by atoms with Crippen LogP contribution in [0.2, 0.25) is 5.02 Å². The molecule has 0 bridgehead atoms. The third-order valence-electron chi connectivity index (χ3n) is 3.79. The van der Waals surface area contributed by atoms with Gasteiger partial charge in [0.05, 0.1) is 13.2 Å². The highest BCUT2D eigenvalue weighted by Gasteiger charge is 2.42. The molecular weight excluding hydrogens is 312 g/mol. The van der Waals surface area contributed by atoms with Crippen molar-refractivity contribution in [3.63, 3.8) is 0 Å². The summed E-state index contributed by atoms with van der Waals surface area (Å²) in [4.78, 5) is 0. The third-order valence-corrected chi connectivity index (χ3v) is 4.13. The van der Waals surface area contributed by atoms with E-state index in [0.29, 0.717) is 18.2 Å². The Labute approximate surface area is 142 Å². The molecule has 0 unspecified atom stereocenters. The van der Waals surface area contributed by atoms with Crippen LogP contribution < -0.4 is 0 Å². The zero-order valence-corrected chi connectivity index (χ0v) is 14.1. The summed E-state index contributed by atoms with van der Waals surface area (Å²) in [6.45, 7) is 4.83. The Kier molecular flexibility index (Phi) is 5.02. The largest absolute Gasteiger partial charge is 0.374 e. The number of hydrogen-bond donors (Lipinski definition) is 0. The van der Waals surface area contributed by atoms with Gasteiger partial charge in [0, 0.05) is 10.6 Å². The molecule has 1 aliphatic rings. The van der Waals surface area contributed by atoms with Gasteiger partial charge in [0.15, 0.2) is 5.79 Å². The lowest BCUT2D eigenvalue weighted by Gasteiger charge is -2.18. The maximum atomic E-state index is 6.32. The van der Waals surface area contributed by atoms with Gasteiger partial charge in [-0.25, -0.2) is 0 Å². The molecule has 1 aliphatic heterocycles. The van der Waals surface area contributed by atoms with Crippen molar-refractivity contribution in [3.8, 4) is 0 Å². The fourth-order valence-corrected chi connectivity index (χ4v) is 3.04. The van der Waals surface area contributed by atoms with Crippen LogP contribution in [-0.4, -0.2) is 18.5 Å². The molecule has 2 aromatic rings. The van der Waals surface area contributed by atoms with E-state index in [0.717, 1.165) is 11.1 Å². The molecule has 4 heteroatoms. The normalized spacial score (nSPS) is 23.1. The topological polar surface area (TPSA) is 27.7 Å². The highest BCUT2D eigenvalue weighted by molar-refractivity contribution is 6.31. The number of hydrogen-bond acceptors (Lipinski definition) is 3. The van der Waals surface area contributed by atoms with Crippen LogP contribution in [0.3, 0.4) is 0 Å². The van der Waals surface area contributed by atoms with Crippen molar-refractivity contribution in [3.05, 3.63) is 70.7 Å². The summed E-state index contributed by atoms with van der Waals surface area (Å²) in [6.07, 6.45) is -0.414. The minimum atomic E-state index is -0.648. The van der Waals surface area contributed by atoms with Crippen molar-refractivity contribution in [2.24, 2.45) is 0 Å². The molecule has 0 aromatic heterocycles. The standard InChI is InChI=1S/C19H21ClO3/c1-19(2)22-17(13-21-12-14-8-4-3-5-9-14)18(23-19)15-10-6-7-11-16(15)20/h3-11,17-18H,12-13H2,1-2H3/t17-,18+/m0/s1. The van der Waals surface area contributed by atoms with Crippen LogP contribution in [-0.2, 0) is 20.8 Å². The number of ether oxygens (including phenoxy) is 3. The second-order valence-electron chi connectivity index (χ2n) is 6.12. The maximum absolute atomic E-state index is 6.32. The fraction of sp³-hybridized carbons (Fsp3) is 0.368. The van der Waals surface area contributed by atoms with Crippen molar-refractivity contribution in [2.45, 2.75) is 38.4 Å². The van der Waals surface area contributed by atoms with Crippen LogP contribution in [0, 0.1) is 0 Å². The Hall–Kier alpha value is -1.39. The maximum Gasteiger partial charge on any atom is 0.164 e. The molecule has 0 aliphatic carbocycles. The molecule has 0 radical (unpaired) electrons. The first-order valence-corrected chi connectivity index (χ1v) is 8.15. The molecule has 1 heterocycles. The predicted octanol–water partition coefficient (Wildman–Crippen LogP) is 4.75. The van der Waals surface area contributed by atoms with Crippen molar-refractivity contribution in [2.75, 3.05) is 6.61 Å². The van der Waals surface area contributed by atoms with Crippen LogP contribution in [0.5, 0.6) is 0 Å². The fourth-order valence-electron chi connectivity index (χ4n) is 2.79. The number of rotatable bonds is 5. The first-order chi connectivity index (χ1) is 11.1. The Bertz CT molecular complexity index is 642. The summed E-state index contributed by atoms with van der Waals surface area (Å²) in [5, 5.41) is 0.687. The van der Waals surface area contributed by atoms with Crippen molar-refractivity contribution in [1.29, 1.82) is 0 Å². The average Bonchev–Trinajstić information content (AvgIpc) is 2.84. The van der Waals surface area contributed by atoms with Gasteiger partial charge in [-0.15, -0.1) is 0 Å². The van der Waals surface area contributed by atoms with Gasteiger partial charge >= 0.3 is 0 Å². The predicted molar refractivity (Wildman–Crippen MR) is 90.3 cm³/mol. The molecule has 122 valence electrons. The van der Waals surface area contributed by atoms with Gasteiger partial charge in [0.1, 0.15) is 12.2 Å². The SMILES string of the molecule is CC1(C)O[C@@H](COCc2ccccc2)[C@@H](c2ccccc2Cl)O1. The van der Waals surface area contributed by atoms with Gasteiger partial charge in [-0.3, -0.25) is 0 Å². The zero-order chi connectivity index (χ0) is 16.3. The lowest BCUT2D eigenvalue weighted by molar-refractivity contribution is -0.151. The third kappa shape index (κ3) is 4.12. The van der Waals surface area contributed by atoms with Gasteiger partial charge in [-0.2, -0.15) is 0 Å². The van der Waals surface area contributed by atoms with E-state index < -0.39 is 5.79 Å². The van der Waals surface area contributed by atoms with Crippen LogP contribution in [0.15, 0.2) is 54.6 Å². The van der Waals surface area contributed by atoms with E-state index in [1.54, 1.807) is 0 Å². The minimum absolute atomic E-state index is 0.186. The van der Waals surface area contributed by atoms with Gasteiger partial charge in [0.2, 0.25) is 0 Å². The number of halogens is 1. The Morgan fingerprint density at radius 3 is 2.43 bits per heavy atom. The zero-order valence-electron chi connectivity index (χ0n) is 13.4. The molecule has 0 amide bonds. The first kappa shape index (κ1) is 16.5.